The SMILES string of the molecule is COCc1nn2c(nnc3c(=O)n(C[C@H]4CCCO4)ccc32)c1-c1ccc(Cl)cc1. The van der Waals surface area contributed by atoms with Crippen molar-refractivity contribution in [2.45, 2.75) is 32.1 Å². The van der Waals surface area contributed by atoms with Crippen molar-refractivity contribution in [3.8, 4) is 11.1 Å². The molecule has 0 amide bonds. The molecule has 0 bridgehead atoms. The van der Waals surface area contributed by atoms with E-state index >= 15 is 0 Å². The van der Waals surface area contributed by atoms with Gasteiger partial charge in [0.25, 0.3) is 5.56 Å². The van der Waals surface area contributed by atoms with Crippen molar-refractivity contribution in [2.24, 2.45) is 0 Å². The average Bonchev–Trinajstić information content (AvgIpc) is 3.39. The van der Waals surface area contributed by atoms with Gasteiger partial charge in [0.15, 0.2) is 11.2 Å². The summed E-state index contributed by atoms with van der Waals surface area (Å²) in [6.45, 7) is 1.56. The Hall–Kier alpha value is -2.81. The number of methoxy groups -OCH3 is 1. The van der Waals surface area contributed by atoms with Crippen LogP contribution in [0.3, 0.4) is 0 Å². The van der Waals surface area contributed by atoms with Gasteiger partial charge in [-0.3, -0.25) is 4.79 Å². The van der Waals surface area contributed by atoms with Gasteiger partial charge in [-0.1, -0.05) is 23.7 Å². The van der Waals surface area contributed by atoms with E-state index in [1.807, 2.05) is 30.3 Å². The van der Waals surface area contributed by atoms with E-state index in [2.05, 4.69) is 15.3 Å². The fraction of sp³-hybridized carbons (Fsp3) is 0.333. The normalized spacial score (nSPS) is 16.7. The molecule has 30 heavy (non-hydrogen) atoms. The third kappa shape index (κ3) is 3.27. The number of rotatable bonds is 5. The molecule has 4 heterocycles. The molecule has 0 saturated carbocycles. The number of benzene rings is 1. The average molecular weight is 426 g/mol. The van der Waals surface area contributed by atoms with E-state index in [4.69, 9.17) is 21.1 Å². The van der Waals surface area contributed by atoms with Crippen LogP contribution in [0.5, 0.6) is 0 Å². The van der Waals surface area contributed by atoms with Crippen molar-refractivity contribution in [3.63, 3.8) is 0 Å². The molecule has 1 fully saturated rings. The van der Waals surface area contributed by atoms with Crippen molar-refractivity contribution in [1.82, 2.24) is 24.4 Å². The number of aromatic nitrogens is 5. The summed E-state index contributed by atoms with van der Waals surface area (Å²) in [7, 11) is 1.61. The van der Waals surface area contributed by atoms with E-state index in [-0.39, 0.29) is 17.2 Å². The Morgan fingerprint density at radius 3 is 2.80 bits per heavy atom. The van der Waals surface area contributed by atoms with Crippen LogP contribution in [-0.2, 0) is 22.6 Å². The summed E-state index contributed by atoms with van der Waals surface area (Å²) >= 11 is 6.04. The van der Waals surface area contributed by atoms with Gasteiger partial charge in [0, 0.05) is 24.9 Å². The highest BCUT2D eigenvalue weighted by atomic mass is 35.5. The maximum absolute atomic E-state index is 13.0. The summed E-state index contributed by atoms with van der Waals surface area (Å²) in [6.07, 6.45) is 3.81. The first-order valence-electron chi connectivity index (χ1n) is 9.79. The van der Waals surface area contributed by atoms with Crippen LogP contribution in [0.4, 0.5) is 0 Å². The van der Waals surface area contributed by atoms with Crippen LogP contribution >= 0.6 is 11.6 Å². The van der Waals surface area contributed by atoms with E-state index in [1.165, 1.54) is 0 Å². The van der Waals surface area contributed by atoms with E-state index < -0.39 is 0 Å². The van der Waals surface area contributed by atoms with E-state index in [1.54, 1.807) is 22.4 Å². The molecule has 154 valence electrons. The van der Waals surface area contributed by atoms with Crippen LogP contribution in [0, 0.1) is 0 Å². The smallest absolute Gasteiger partial charge is 0.280 e. The second-order valence-electron chi connectivity index (χ2n) is 7.34. The number of pyridine rings is 1. The van der Waals surface area contributed by atoms with Crippen molar-refractivity contribution in [3.05, 3.63) is 57.6 Å². The topological polar surface area (TPSA) is 83.5 Å². The zero-order valence-corrected chi connectivity index (χ0v) is 17.2. The molecule has 1 saturated heterocycles. The van der Waals surface area contributed by atoms with Gasteiger partial charge in [-0.2, -0.15) is 5.10 Å². The summed E-state index contributed by atoms with van der Waals surface area (Å²) < 4.78 is 14.3. The Bertz CT molecular complexity index is 1280. The summed E-state index contributed by atoms with van der Waals surface area (Å²) in [5.41, 5.74) is 3.67. The lowest BCUT2D eigenvalue weighted by Crippen LogP contribution is -2.27. The first-order chi connectivity index (χ1) is 14.7. The molecule has 0 N–H and O–H groups in total. The highest BCUT2D eigenvalue weighted by molar-refractivity contribution is 6.30. The number of nitrogens with zero attached hydrogens (tertiary/aromatic N) is 5. The minimum absolute atomic E-state index is 0.0614. The first-order valence-corrected chi connectivity index (χ1v) is 10.2. The van der Waals surface area contributed by atoms with Gasteiger partial charge < -0.3 is 14.0 Å². The number of fused-ring (bicyclic) bond motifs is 3. The Morgan fingerprint density at radius 1 is 1.23 bits per heavy atom. The molecular formula is C21H20ClN5O3. The fourth-order valence-electron chi connectivity index (χ4n) is 3.93. The van der Waals surface area contributed by atoms with Crippen LogP contribution in [0.1, 0.15) is 18.5 Å². The molecule has 8 nitrogen and oxygen atoms in total. The maximum atomic E-state index is 13.0. The highest BCUT2D eigenvalue weighted by Gasteiger charge is 2.21. The summed E-state index contributed by atoms with van der Waals surface area (Å²) in [6, 6.07) is 9.29. The van der Waals surface area contributed by atoms with Gasteiger partial charge in [0.2, 0.25) is 0 Å². The molecule has 1 aromatic carbocycles. The monoisotopic (exact) mass is 425 g/mol. The summed E-state index contributed by atoms with van der Waals surface area (Å²) in [5, 5.41) is 14.0. The predicted octanol–water partition coefficient (Wildman–Crippen LogP) is 3.09. The van der Waals surface area contributed by atoms with Gasteiger partial charge in [-0.05, 0) is 36.6 Å². The highest BCUT2D eigenvalue weighted by Crippen LogP contribution is 2.30. The van der Waals surface area contributed by atoms with Crippen molar-refractivity contribution in [2.75, 3.05) is 13.7 Å². The largest absolute Gasteiger partial charge is 0.378 e. The number of ether oxygens (including phenoxy) is 2. The lowest BCUT2D eigenvalue weighted by atomic mass is 10.1. The van der Waals surface area contributed by atoms with Crippen LogP contribution in [0.25, 0.3) is 27.8 Å². The lowest BCUT2D eigenvalue weighted by Gasteiger charge is -2.12. The molecule has 3 aromatic heterocycles. The van der Waals surface area contributed by atoms with E-state index in [9.17, 15) is 4.79 Å². The van der Waals surface area contributed by atoms with Gasteiger partial charge in [0.05, 0.1) is 30.5 Å². The quantitative estimate of drug-likeness (QED) is 0.488. The van der Waals surface area contributed by atoms with Crippen molar-refractivity contribution >= 4 is 28.3 Å². The number of halogens is 1. The second-order valence-corrected chi connectivity index (χ2v) is 7.78. The van der Waals surface area contributed by atoms with Crippen LogP contribution in [-0.4, -0.2) is 44.2 Å². The predicted molar refractivity (Wildman–Crippen MR) is 113 cm³/mol. The van der Waals surface area contributed by atoms with Gasteiger partial charge in [-0.15, -0.1) is 10.2 Å². The molecule has 9 heteroatoms. The minimum Gasteiger partial charge on any atom is -0.378 e. The molecule has 0 spiro atoms. The molecule has 1 aliphatic rings. The molecule has 0 unspecified atom stereocenters. The van der Waals surface area contributed by atoms with Gasteiger partial charge in [-0.25, -0.2) is 4.52 Å². The third-order valence-corrected chi connectivity index (χ3v) is 5.62. The zero-order valence-electron chi connectivity index (χ0n) is 16.4. The van der Waals surface area contributed by atoms with Crippen molar-refractivity contribution < 1.29 is 9.47 Å². The van der Waals surface area contributed by atoms with Crippen LogP contribution in [0.2, 0.25) is 5.02 Å². The molecular weight excluding hydrogens is 406 g/mol. The fourth-order valence-corrected chi connectivity index (χ4v) is 4.06. The Kier molecular flexibility index (Phi) is 4.98. The lowest BCUT2D eigenvalue weighted by molar-refractivity contribution is 0.0963. The Balaban J connectivity index is 1.68. The molecule has 4 aromatic rings. The Labute approximate surface area is 177 Å². The van der Waals surface area contributed by atoms with Crippen LogP contribution < -0.4 is 5.56 Å². The van der Waals surface area contributed by atoms with Crippen LogP contribution in [0.15, 0.2) is 41.3 Å². The number of hydrogen-bond donors (Lipinski definition) is 0. The first kappa shape index (κ1) is 19.2. The summed E-state index contributed by atoms with van der Waals surface area (Å²) in [5.74, 6) is 0. The van der Waals surface area contributed by atoms with E-state index in [0.29, 0.717) is 35.0 Å². The minimum atomic E-state index is -0.200. The summed E-state index contributed by atoms with van der Waals surface area (Å²) in [4.78, 5) is 13.0. The molecule has 1 aliphatic heterocycles. The molecule has 0 radical (unpaired) electrons. The molecule has 0 aliphatic carbocycles. The maximum Gasteiger partial charge on any atom is 0.280 e. The van der Waals surface area contributed by atoms with Gasteiger partial charge in [0.1, 0.15) is 5.52 Å². The molecule has 5 rings (SSSR count). The standard InChI is InChI=1S/C21H20ClN5O3/c1-29-12-16-18(13-4-6-14(22)7-5-13)20-24-23-19-17(27(20)25-16)8-9-26(21(19)28)11-15-3-2-10-30-15/h4-9,15H,2-3,10-12H2,1H3/t15-/m1/s1. The van der Waals surface area contributed by atoms with Crippen molar-refractivity contribution in [1.29, 1.82) is 0 Å². The zero-order chi connectivity index (χ0) is 20.7. The Morgan fingerprint density at radius 2 is 2.07 bits per heavy atom. The third-order valence-electron chi connectivity index (χ3n) is 5.36. The number of hydrogen-bond acceptors (Lipinski definition) is 6. The molecule has 1 atom stereocenters. The van der Waals surface area contributed by atoms with E-state index in [0.717, 1.165) is 30.6 Å². The second kappa shape index (κ2) is 7.79. The van der Waals surface area contributed by atoms with Gasteiger partial charge >= 0.3 is 0 Å².